The van der Waals surface area contributed by atoms with Crippen LogP contribution in [0.1, 0.15) is 45.2 Å². The minimum atomic E-state index is 0.291. The van der Waals surface area contributed by atoms with Crippen LogP contribution in [0.15, 0.2) is 23.0 Å². The van der Waals surface area contributed by atoms with Gasteiger partial charge in [0.2, 0.25) is 0 Å². The van der Waals surface area contributed by atoms with Crippen molar-refractivity contribution >= 4 is 0 Å². The van der Waals surface area contributed by atoms with Gasteiger partial charge in [0.15, 0.2) is 0 Å². The summed E-state index contributed by atoms with van der Waals surface area (Å²) in [5, 5.41) is 0. The van der Waals surface area contributed by atoms with Crippen LogP contribution in [0.3, 0.4) is 0 Å². The summed E-state index contributed by atoms with van der Waals surface area (Å²) in [6.07, 6.45) is 6.00. The van der Waals surface area contributed by atoms with Gasteiger partial charge in [0.1, 0.15) is 0 Å². The predicted molar refractivity (Wildman–Crippen MR) is 71.8 cm³/mol. The van der Waals surface area contributed by atoms with E-state index >= 15 is 0 Å². The van der Waals surface area contributed by atoms with Crippen LogP contribution in [0.5, 0.6) is 0 Å². The zero-order chi connectivity index (χ0) is 12.7. The predicted octanol–water partition coefficient (Wildman–Crippen LogP) is 3.04. The fourth-order valence-corrected chi connectivity index (χ4v) is 2.32. The molecular formula is C14H26N2O. The summed E-state index contributed by atoms with van der Waals surface area (Å²) in [4.78, 5) is 2.46. The highest BCUT2D eigenvalue weighted by atomic mass is 16.3. The summed E-state index contributed by atoms with van der Waals surface area (Å²) in [6.45, 7) is 9.52. The van der Waals surface area contributed by atoms with Crippen LogP contribution in [0.25, 0.3) is 0 Å². The maximum atomic E-state index is 5.92. The largest absolute Gasteiger partial charge is 0.472 e. The first-order valence-electron chi connectivity index (χ1n) is 6.72. The summed E-state index contributed by atoms with van der Waals surface area (Å²) >= 11 is 0. The second kappa shape index (κ2) is 7.51. The third-order valence-electron chi connectivity index (χ3n) is 3.65. The average Bonchev–Trinajstić information content (AvgIpc) is 2.88. The normalized spacial score (nSPS) is 13.5. The lowest BCUT2D eigenvalue weighted by Gasteiger charge is -2.32. The fraction of sp³-hybridized carbons (Fsp3) is 0.714. The van der Waals surface area contributed by atoms with E-state index in [1.807, 2.05) is 12.3 Å². The van der Waals surface area contributed by atoms with Crippen molar-refractivity contribution in [3.05, 3.63) is 24.2 Å². The molecule has 0 aliphatic rings. The van der Waals surface area contributed by atoms with Gasteiger partial charge in [-0.1, -0.05) is 33.6 Å². The number of hydrogen-bond acceptors (Lipinski definition) is 3. The Morgan fingerprint density at radius 1 is 1.29 bits per heavy atom. The molecule has 0 aliphatic carbocycles. The lowest BCUT2D eigenvalue weighted by Crippen LogP contribution is -2.36. The first-order chi connectivity index (χ1) is 8.26. The summed E-state index contributed by atoms with van der Waals surface area (Å²) in [7, 11) is 0. The van der Waals surface area contributed by atoms with Gasteiger partial charge >= 0.3 is 0 Å². The van der Waals surface area contributed by atoms with Gasteiger partial charge in [0.05, 0.1) is 18.6 Å². The fourth-order valence-electron chi connectivity index (χ4n) is 2.32. The van der Waals surface area contributed by atoms with Crippen LogP contribution in [0.2, 0.25) is 0 Å². The van der Waals surface area contributed by atoms with E-state index in [0.717, 1.165) is 19.0 Å². The monoisotopic (exact) mass is 238 g/mol. The number of nitrogens with zero attached hydrogens (tertiary/aromatic N) is 1. The van der Waals surface area contributed by atoms with E-state index in [4.69, 9.17) is 10.2 Å². The molecule has 3 nitrogen and oxygen atoms in total. The smallest absolute Gasteiger partial charge is 0.0950 e. The second-order valence-corrected chi connectivity index (χ2v) is 4.58. The number of likely N-dealkylation sites (N-methyl/N-ethyl adjacent to an activating group) is 1. The molecule has 1 unspecified atom stereocenters. The summed E-state index contributed by atoms with van der Waals surface area (Å²) in [6, 6.07) is 2.31. The Labute approximate surface area is 105 Å². The summed E-state index contributed by atoms with van der Waals surface area (Å²) in [5.41, 5.74) is 7.11. The van der Waals surface area contributed by atoms with E-state index < -0.39 is 0 Å². The van der Waals surface area contributed by atoms with Gasteiger partial charge < -0.3 is 10.2 Å². The van der Waals surface area contributed by atoms with Crippen molar-refractivity contribution in [1.82, 2.24) is 4.90 Å². The molecule has 1 heterocycles. The molecule has 3 heteroatoms. The topological polar surface area (TPSA) is 42.4 Å². The zero-order valence-corrected chi connectivity index (χ0v) is 11.4. The van der Waals surface area contributed by atoms with Crippen molar-refractivity contribution in [3.8, 4) is 0 Å². The number of rotatable bonds is 8. The Morgan fingerprint density at radius 2 is 2.00 bits per heavy atom. The molecule has 1 aromatic heterocycles. The zero-order valence-electron chi connectivity index (χ0n) is 11.4. The highest BCUT2D eigenvalue weighted by Crippen LogP contribution is 2.22. The molecule has 0 saturated heterocycles. The van der Waals surface area contributed by atoms with E-state index in [9.17, 15) is 0 Å². The van der Waals surface area contributed by atoms with Crippen molar-refractivity contribution in [2.45, 2.75) is 39.7 Å². The first kappa shape index (κ1) is 14.3. The maximum absolute atomic E-state index is 5.92. The van der Waals surface area contributed by atoms with Crippen molar-refractivity contribution in [2.24, 2.45) is 11.7 Å². The minimum Gasteiger partial charge on any atom is -0.472 e. The van der Waals surface area contributed by atoms with E-state index in [1.54, 1.807) is 6.26 Å². The molecule has 98 valence electrons. The van der Waals surface area contributed by atoms with Gasteiger partial charge in [-0.05, 0) is 18.5 Å². The Balaban J connectivity index is 2.70. The van der Waals surface area contributed by atoms with E-state index in [2.05, 4.69) is 25.7 Å². The number of furan rings is 1. The molecule has 1 aromatic rings. The maximum Gasteiger partial charge on any atom is 0.0950 e. The SMILES string of the molecule is CCC(CC)CN(CC)C(CN)c1ccoc1. The molecule has 0 aromatic carbocycles. The van der Waals surface area contributed by atoms with E-state index in [0.29, 0.717) is 12.6 Å². The lowest BCUT2D eigenvalue weighted by atomic mass is 10.0. The summed E-state index contributed by atoms with van der Waals surface area (Å²) in [5.74, 6) is 0.760. The minimum absolute atomic E-state index is 0.291. The Morgan fingerprint density at radius 3 is 2.41 bits per heavy atom. The van der Waals surface area contributed by atoms with Crippen LogP contribution < -0.4 is 5.73 Å². The van der Waals surface area contributed by atoms with E-state index in [1.165, 1.54) is 18.4 Å². The van der Waals surface area contributed by atoms with Gasteiger partial charge in [-0.2, -0.15) is 0 Å². The molecule has 0 saturated carbocycles. The van der Waals surface area contributed by atoms with Crippen molar-refractivity contribution in [2.75, 3.05) is 19.6 Å². The van der Waals surface area contributed by atoms with Crippen LogP contribution in [0, 0.1) is 5.92 Å². The molecule has 0 amide bonds. The molecule has 1 atom stereocenters. The summed E-state index contributed by atoms with van der Waals surface area (Å²) < 4.78 is 5.17. The Kier molecular flexibility index (Phi) is 6.30. The van der Waals surface area contributed by atoms with Crippen molar-refractivity contribution in [3.63, 3.8) is 0 Å². The van der Waals surface area contributed by atoms with Gasteiger partial charge in [0.25, 0.3) is 0 Å². The standard InChI is InChI=1S/C14H26N2O/c1-4-12(5-2)10-16(6-3)14(9-15)13-7-8-17-11-13/h7-8,11-12,14H,4-6,9-10,15H2,1-3H3. The Hall–Kier alpha value is -0.800. The molecule has 0 aliphatic heterocycles. The van der Waals surface area contributed by atoms with Gasteiger partial charge in [-0.25, -0.2) is 0 Å². The highest BCUT2D eigenvalue weighted by Gasteiger charge is 2.20. The third kappa shape index (κ3) is 3.86. The average molecular weight is 238 g/mol. The van der Waals surface area contributed by atoms with Crippen LogP contribution >= 0.6 is 0 Å². The second-order valence-electron chi connectivity index (χ2n) is 4.58. The molecule has 2 N–H and O–H groups in total. The molecular weight excluding hydrogens is 212 g/mol. The first-order valence-corrected chi connectivity index (χ1v) is 6.72. The van der Waals surface area contributed by atoms with Gasteiger partial charge in [-0.15, -0.1) is 0 Å². The highest BCUT2D eigenvalue weighted by molar-refractivity contribution is 5.12. The van der Waals surface area contributed by atoms with Gasteiger partial charge in [0, 0.05) is 18.7 Å². The molecule has 0 spiro atoms. The molecule has 0 radical (unpaired) electrons. The molecule has 0 bridgehead atoms. The number of nitrogens with two attached hydrogens (primary N) is 1. The molecule has 1 rings (SSSR count). The van der Waals surface area contributed by atoms with Crippen LogP contribution in [-0.4, -0.2) is 24.5 Å². The number of hydrogen-bond donors (Lipinski definition) is 1. The molecule has 0 fully saturated rings. The Bertz CT molecular complexity index is 280. The van der Waals surface area contributed by atoms with Gasteiger partial charge in [-0.3, -0.25) is 4.90 Å². The molecule has 17 heavy (non-hydrogen) atoms. The third-order valence-corrected chi connectivity index (χ3v) is 3.65. The van der Waals surface area contributed by atoms with E-state index in [-0.39, 0.29) is 0 Å². The van der Waals surface area contributed by atoms with Crippen molar-refractivity contribution < 1.29 is 4.42 Å². The lowest BCUT2D eigenvalue weighted by molar-refractivity contribution is 0.174. The quantitative estimate of drug-likeness (QED) is 0.757. The van der Waals surface area contributed by atoms with Crippen LogP contribution in [-0.2, 0) is 0 Å². The van der Waals surface area contributed by atoms with Crippen molar-refractivity contribution in [1.29, 1.82) is 0 Å². The van der Waals surface area contributed by atoms with Crippen LogP contribution in [0.4, 0.5) is 0 Å².